The lowest BCUT2D eigenvalue weighted by molar-refractivity contribution is -0.385. The van der Waals surface area contributed by atoms with Crippen LogP contribution in [-0.2, 0) is 14.8 Å². The SMILES string of the molecule is COc1ccc(-n2nc(C(=O)NC3CC3)c(C)c2Oc2ccc([N+](=O)[O-])cc2S(=O)(=O)N2CCOCC2)cc1. The zero-order chi connectivity index (χ0) is 27.7. The molecular formula is C25H27N5O8S. The van der Waals surface area contributed by atoms with E-state index in [1.54, 1.807) is 31.2 Å². The normalized spacial score (nSPS) is 16.1. The summed E-state index contributed by atoms with van der Waals surface area (Å²) >= 11 is 0. The third-order valence-electron chi connectivity index (χ3n) is 6.45. The maximum Gasteiger partial charge on any atom is 0.272 e. The maximum atomic E-state index is 13.6. The van der Waals surface area contributed by atoms with Gasteiger partial charge in [-0.15, -0.1) is 0 Å². The van der Waals surface area contributed by atoms with Crippen molar-refractivity contribution < 1.29 is 32.3 Å². The van der Waals surface area contributed by atoms with Crippen molar-refractivity contribution in [2.45, 2.75) is 30.7 Å². The molecule has 1 N–H and O–H groups in total. The first-order valence-corrected chi connectivity index (χ1v) is 13.7. The van der Waals surface area contributed by atoms with E-state index in [2.05, 4.69) is 10.4 Å². The molecule has 2 fully saturated rings. The van der Waals surface area contributed by atoms with Crippen molar-refractivity contribution in [3.8, 4) is 23.1 Å². The maximum absolute atomic E-state index is 13.6. The summed E-state index contributed by atoms with van der Waals surface area (Å²) in [6.07, 6.45) is 1.78. The van der Waals surface area contributed by atoms with E-state index in [1.165, 1.54) is 22.2 Å². The van der Waals surface area contributed by atoms with Crippen LogP contribution in [0.5, 0.6) is 17.4 Å². The van der Waals surface area contributed by atoms with Crippen LogP contribution in [0.1, 0.15) is 28.9 Å². The van der Waals surface area contributed by atoms with Gasteiger partial charge >= 0.3 is 0 Å². The Kier molecular flexibility index (Phi) is 7.25. The van der Waals surface area contributed by atoms with Gasteiger partial charge < -0.3 is 19.5 Å². The Labute approximate surface area is 224 Å². The predicted octanol–water partition coefficient (Wildman–Crippen LogP) is 2.80. The second kappa shape index (κ2) is 10.6. The molecule has 1 amide bonds. The molecule has 0 atom stereocenters. The number of nitro benzene ring substituents is 1. The number of ether oxygens (including phenoxy) is 3. The average molecular weight is 558 g/mol. The summed E-state index contributed by atoms with van der Waals surface area (Å²) in [6.45, 7) is 2.24. The fraction of sp³-hybridized carbons (Fsp3) is 0.360. The summed E-state index contributed by atoms with van der Waals surface area (Å²) in [5.74, 6) is 0.176. The summed E-state index contributed by atoms with van der Waals surface area (Å²) in [7, 11) is -2.65. The van der Waals surface area contributed by atoms with Gasteiger partial charge in [0, 0.05) is 36.8 Å². The second-order valence-electron chi connectivity index (χ2n) is 9.14. The molecule has 1 saturated heterocycles. The monoisotopic (exact) mass is 557 g/mol. The number of morpholine rings is 1. The summed E-state index contributed by atoms with van der Waals surface area (Å²) < 4.78 is 46.4. The van der Waals surface area contributed by atoms with Gasteiger partial charge in [-0.25, -0.2) is 8.42 Å². The lowest BCUT2D eigenvalue weighted by Gasteiger charge is -2.26. The van der Waals surface area contributed by atoms with Crippen LogP contribution in [0.15, 0.2) is 47.4 Å². The van der Waals surface area contributed by atoms with Gasteiger partial charge in [0.25, 0.3) is 11.6 Å². The predicted molar refractivity (Wildman–Crippen MR) is 138 cm³/mol. The first kappa shape index (κ1) is 26.6. The van der Waals surface area contributed by atoms with Gasteiger partial charge in [0.15, 0.2) is 5.69 Å². The molecular weight excluding hydrogens is 530 g/mol. The van der Waals surface area contributed by atoms with Crippen LogP contribution < -0.4 is 14.8 Å². The van der Waals surface area contributed by atoms with Crippen molar-refractivity contribution in [1.29, 1.82) is 0 Å². The molecule has 5 rings (SSSR count). The molecule has 14 heteroatoms. The van der Waals surface area contributed by atoms with E-state index in [-0.39, 0.29) is 60.5 Å². The number of methoxy groups -OCH3 is 1. The number of aromatic nitrogens is 2. The van der Waals surface area contributed by atoms with Crippen LogP contribution >= 0.6 is 0 Å². The summed E-state index contributed by atoms with van der Waals surface area (Å²) in [4.78, 5) is 23.4. The fourth-order valence-electron chi connectivity index (χ4n) is 4.12. The first-order valence-electron chi connectivity index (χ1n) is 12.3. The summed E-state index contributed by atoms with van der Waals surface area (Å²) in [5.41, 5.74) is 0.613. The van der Waals surface area contributed by atoms with E-state index in [0.717, 1.165) is 25.0 Å². The largest absolute Gasteiger partial charge is 0.497 e. The van der Waals surface area contributed by atoms with Crippen LogP contribution in [0, 0.1) is 17.0 Å². The minimum absolute atomic E-state index is 0.0901. The number of non-ortho nitro benzene ring substituents is 1. The minimum atomic E-state index is -4.19. The summed E-state index contributed by atoms with van der Waals surface area (Å²) in [6, 6.07) is 10.3. The molecule has 2 heterocycles. The molecule has 0 radical (unpaired) electrons. The number of benzene rings is 2. The molecule has 1 aliphatic carbocycles. The number of hydrogen-bond acceptors (Lipinski definition) is 9. The average Bonchev–Trinajstić information content (AvgIpc) is 3.70. The highest BCUT2D eigenvalue weighted by Crippen LogP contribution is 2.37. The van der Waals surface area contributed by atoms with E-state index in [0.29, 0.717) is 17.0 Å². The first-order chi connectivity index (χ1) is 18.7. The second-order valence-corrected chi connectivity index (χ2v) is 11.0. The molecule has 0 unspecified atom stereocenters. The van der Waals surface area contributed by atoms with Gasteiger partial charge in [-0.1, -0.05) is 0 Å². The molecule has 0 spiro atoms. The Morgan fingerprint density at radius 2 is 1.85 bits per heavy atom. The van der Waals surface area contributed by atoms with E-state index < -0.39 is 20.6 Å². The molecule has 206 valence electrons. The number of nitrogens with one attached hydrogen (secondary N) is 1. The molecule has 39 heavy (non-hydrogen) atoms. The van der Waals surface area contributed by atoms with E-state index in [4.69, 9.17) is 14.2 Å². The number of amides is 1. The molecule has 2 aromatic carbocycles. The van der Waals surface area contributed by atoms with Gasteiger partial charge in [-0.2, -0.15) is 14.1 Å². The molecule has 0 bridgehead atoms. The number of nitro groups is 1. The molecule has 13 nitrogen and oxygen atoms in total. The highest BCUT2D eigenvalue weighted by molar-refractivity contribution is 7.89. The number of rotatable bonds is 9. The fourth-order valence-corrected chi connectivity index (χ4v) is 5.66. The van der Waals surface area contributed by atoms with Crippen molar-refractivity contribution >= 4 is 21.6 Å². The number of carbonyl (C=O) groups is 1. The van der Waals surface area contributed by atoms with Gasteiger partial charge in [0.2, 0.25) is 15.9 Å². The smallest absolute Gasteiger partial charge is 0.272 e. The topological polar surface area (TPSA) is 155 Å². The van der Waals surface area contributed by atoms with Crippen molar-refractivity contribution in [3.63, 3.8) is 0 Å². The molecule has 1 aromatic heterocycles. The Balaban J connectivity index is 1.61. The highest BCUT2D eigenvalue weighted by atomic mass is 32.2. The molecule has 1 saturated carbocycles. The van der Waals surface area contributed by atoms with Gasteiger partial charge in [-0.3, -0.25) is 14.9 Å². The van der Waals surface area contributed by atoms with Crippen molar-refractivity contribution in [2.75, 3.05) is 33.4 Å². The lowest BCUT2D eigenvalue weighted by atomic mass is 10.2. The van der Waals surface area contributed by atoms with Crippen molar-refractivity contribution in [3.05, 3.63) is 63.8 Å². The van der Waals surface area contributed by atoms with Crippen molar-refractivity contribution in [2.24, 2.45) is 0 Å². The Bertz CT molecular complexity index is 1510. The van der Waals surface area contributed by atoms with Crippen molar-refractivity contribution in [1.82, 2.24) is 19.4 Å². The van der Waals surface area contributed by atoms with E-state index >= 15 is 0 Å². The Morgan fingerprint density at radius 1 is 1.15 bits per heavy atom. The number of nitrogens with zero attached hydrogens (tertiary/aromatic N) is 4. The van der Waals surface area contributed by atoms with E-state index in [9.17, 15) is 23.3 Å². The van der Waals surface area contributed by atoms with Crippen LogP contribution in [0.25, 0.3) is 5.69 Å². The van der Waals surface area contributed by atoms with Crippen LogP contribution in [0.4, 0.5) is 5.69 Å². The van der Waals surface area contributed by atoms with Gasteiger partial charge in [0.05, 0.1) is 30.9 Å². The van der Waals surface area contributed by atoms with Gasteiger partial charge in [-0.05, 0) is 50.1 Å². The lowest BCUT2D eigenvalue weighted by Crippen LogP contribution is -2.40. The molecule has 1 aliphatic heterocycles. The highest BCUT2D eigenvalue weighted by Gasteiger charge is 2.33. The van der Waals surface area contributed by atoms with Crippen LogP contribution in [0.3, 0.4) is 0 Å². The zero-order valence-electron chi connectivity index (χ0n) is 21.3. The van der Waals surface area contributed by atoms with Gasteiger partial charge in [0.1, 0.15) is 16.4 Å². The van der Waals surface area contributed by atoms with Crippen LogP contribution in [0.2, 0.25) is 0 Å². The Morgan fingerprint density at radius 3 is 2.46 bits per heavy atom. The molecule has 3 aromatic rings. The number of hydrogen-bond donors (Lipinski definition) is 1. The standard InChI is InChI=1S/C25H27N5O8S/c1-16-23(24(31)26-17-3-4-17)27-29(18-5-8-20(36-2)9-6-18)25(16)38-21-10-7-19(30(32)33)15-22(21)39(34,35)28-11-13-37-14-12-28/h5-10,15,17H,3-4,11-14H2,1-2H3,(H,26,31). The summed E-state index contributed by atoms with van der Waals surface area (Å²) in [5, 5.41) is 18.9. The zero-order valence-corrected chi connectivity index (χ0v) is 22.1. The number of carbonyl (C=O) groups excluding carboxylic acids is 1. The molecule has 2 aliphatic rings. The van der Waals surface area contributed by atoms with Crippen LogP contribution in [-0.4, -0.2) is 72.8 Å². The quantitative estimate of drug-likeness (QED) is 0.309. The van der Waals surface area contributed by atoms with E-state index in [1.807, 2.05) is 0 Å². The Hall–Kier alpha value is -4.01. The third kappa shape index (κ3) is 5.44. The number of sulfonamides is 1. The third-order valence-corrected chi connectivity index (χ3v) is 8.37. The minimum Gasteiger partial charge on any atom is -0.497 e.